The number of hydrogen-bond donors (Lipinski definition) is 2. The number of carbonyl (C=O) groups excluding carboxylic acids is 3. The summed E-state index contributed by atoms with van der Waals surface area (Å²) in [7, 11) is 0. The SMILES string of the molecule is CC(OC(=O)CCNC(=O)c1ccc(F)cc1F)C(=O)Nc1ccc(Oc2ccccc2)cc1. The Morgan fingerprint density at radius 3 is 2.26 bits per heavy atom. The topological polar surface area (TPSA) is 93.7 Å². The minimum absolute atomic E-state index is 0.147. The standard InChI is InChI=1S/C25H22F2N2O5/c1-16(33-23(30)13-14-28-25(32)21-12-7-17(26)15-22(21)27)24(31)29-18-8-10-20(11-9-18)34-19-5-3-2-4-6-19/h2-12,15-16H,13-14H2,1H3,(H,28,32)(H,29,31). The predicted molar refractivity (Wildman–Crippen MR) is 120 cm³/mol. The molecule has 0 heterocycles. The smallest absolute Gasteiger partial charge is 0.308 e. The monoisotopic (exact) mass is 468 g/mol. The molecule has 3 aromatic carbocycles. The second-order valence-electron chi connectivity index (χ2n) is 7.19. The Hall–Kier alpha value is -4.27. The van der Waals surface area contributed by atoms with Gasteiger partial charge < -0.3 is 20.1 Å². The average molecular weight is 468 g/mol. The van der Waals surface area contributed by atoms with Crippen LogP contribution >= 0.6 is 0 Å². The highest BCUT2D eigenvalue weighted by atomic mass is 19.1. The molecule has 0 aliphatic heterocycles. The van der Waals surface area contributed by atoms with E-state index in [1.165, 1.54) is 6.92 Å². The number of hydrogen-bond acceptors (Lipinski definition) is 5. The number of esters is 1. The summed E-state index contributed by atoms with van der Waals surface area (Å²) >= 11 is 0. The number of amides is 2. The number of ether oxygens (including phenoxy) is 2. The summed E-state index contributed by atoms with van der Waals surface area (Å²) in [5.74, 6) is -2.61. The maximum Gasteiger partial charge on any atom is 0.308 e. The van der Waals surface area contributed by atoms with Crippen molar-refractivity contribution in [3.63, 3.8) is 0 Å². The highest BCUT2D eigenvalue weighted by molar-refractivity contribution is 5.95. The van der Waals surface area contributed by atoms with Crippen LogP contribution in [-0.4, -0.2) is 30.4 Å². The summed E-state index contributed by atoms with van der Waals surface area (Å²) in [4.78, 5) is 36.2. The lowest BCUT2D eigenvalue weighted by molar-refractivity contribution is -0.153. The first-order chi connectivity index (χ1) is 16.3. The van der Waals surface area contributed by atoms with Gasteiger partial charge in [-0.25, -0.2) is 8.78 Å². The Labute approximate surface area is 194 Å². The molecule has 1 atom stereocenters. The first-order valence-corrected chi connectivity index (χ1v) is 10.4. The van der Waals surface area contributed by atoms with Gasteiger partial charge in [-0.05, 0) is 55.5 Å². The maximum atomic E-state index is 13.6. The number of anilines is 1. The van der Waals surface area contributed by atoms with Gasteiger partial charge in [0.15, 0.2) is 6.10 Å². The average Bonchev–Trinajstić information content (AvgIpc) is 2.81. The van der Waals surface area contributed by atoms with Crippen LogP contribution in [0.1, 0.15) is 23.7 Å². The first-order valence-electron chi connectivity index (χ1n) is 10.4. The van der Waals surface area contributed by atoms with E-state index in [4.69, 9.17) is 9.47 Å². The van der Waals surface area contributed by atoms with Gasteiger partial charge in [0.2, 0.25) is 0 Å². The molecule has 0 aromatic heterocycles. The van der Waals surface area contributed by atoms with Gasteiger partial charge in [0.05, 0.1) is 12.0 Å². The van der Waals surface area contributed by atoms with Gasteiger partial charge in [-0.2, -0.15) is 0 Å². The minimum Gasteiger partial charge on any atom is -0.457 e. The molecule has 2 amide bonds. The molecule has 9 heteroatoms. The van der Waals surface area contributed by atoms with Gasteiger partial charge in [-0.1, -0.05) is 18.2 Å². The maximum absolute atomic E-state index is 13.6. The van der Waals surface area contributed by atoms with Crippen LogP contribution in [0.15, 0.2) is 72.8 Å². The van der Waals surface area contributed by atoms with E-state index in [2.05, 4.69) is 10.6 Å². The Bertz CT molecular complexity index is 1150. The lowest BCUT2D eigenvalue weighted by atomic mass is 10.2. The van der Waals surface area contributed by atoms with Crippen LogP contribution in [-0.2, 0) is 14.3 Å². The first kappa shape index (κ1) is 24.4. The fourth-order valence-electron chi connectivity index (χ4n) is 2.83. The van der Waals surface area contributed by atoms with Crippen LogP contribution in [0.3, 0.4) is 0 Å². The van der Waals surface area contributed by atoms with Crippen molar-refractivity contribution < 1.29 is 32.6 Å². The molecular formula is C25H22F2N2O5. The molecule has 176 valence electrons. The molecule has 7 nitrogen and oxygen atoms in total. The van der Waals surface area contributed by atoms with Gasteiger partial charge in [-0.3, -0.25) is 14.4 Å². The fraction of sp³-hybridized carbons (Fsp3) is 0.160. The normalized spacial score (nSPS) is 11.3. The van der Waals surface area contributed by atoms with E-state index in [-0.39, 0.29) is 18.5 Å². The molecule has 3 rings (SSSR count). The Morgan fingerprint density at radius 2 is 1.59 bits per heavy atom. The van der Waals surface area contributed by atoms with Crippen LogP contribution in [0.25, 0.3) is 0 Å². The lowest BCUT2D eigenvalue weighted by Crippen LogP contribution is -2.32. The zero-order valence-electron chi connectivity index (χ0n) is 18.2. The highest BCUT2D eigenvalue weighted by Crippen LogP contribution is 2.22. The molecule has 0 fully saturated rings. The molecule has 3 aromatic rings. The van der Waals surface area contributed by atoms with Crippen molar-refractivity contribution in [1.82, 2.24) is 5.32 Å². The van der Waals surface area contributed by atoms with Crippen molar-refractivity contribution >= 4 is 23.5 Å². The number of rotatable bonds is 9. The van der Waals surface area contributed by atoms with Crippen LogP contribution in [0.5, 0.6) is 11.5 Å². The molecule has 0 saturated heterocycles. The number of para-hydroxylation sites is 1. The zero-order valence-corrected chi connectivity index (χ0v) is 18.2. The summed E-state index contributed by atoms with van der Waals surface area (Å²) in [6.45, 7) is 1.26. The van der Waals surface area contributed by atoms with E-state index in [1.807, 2.05) is 30.3 Å². The quantitative estimate of drug-likeness (QED) is 0.453. The van der Waals surface area contributed by atoms with E-state index in [0.29, 0.717) is 23.3 Å². The summed E-state index contributed by atoms with van der Waals surface area (Å²) in [5.41, 5.74) is 0.143. The van der Waals surface area contributed by atoms with Gasteiger partial charge in [0.25, 0.3) is 11.8 Å². The molecule has 0 aliphatic rings. The highest BCUT2D eigenvalue weighted by Gasteiger charge is 2.19. The Kier molecular flexibility index (Phi) is 8.28. The molecule has 0 spiro atoms. The number of carbonyl (C=O) groups is 3. The van der Waals surface area contributed by atoms with E-state index in [1.54, 1.807) is 24.3 Å². The molecule has 0 saturated carbocycles. The van der Waals surface area contributed by atoms with E-state index >= 15 is 0 Å². The van der Waals surface area contributed by atoms with Crippen molar-refractivity contribution in [1.29, 1.82) is 0 Å². The van der Waals surface area contributed by atoms with Gasteiger partial charge in [0.1, 0.15) is 23.1 Å². The van der Waals surface area contributed by atoms with E-state index < -0.39 is 35.5 Å². The molecule has 34 heavy (non-hydrogen) atoms. The summed E-state index contributed by atoms with van der Waals surface area (Å²) in [6, 6.07) is 18.4. The second kappa shape index (κ2) is 11.6. The Morgan fingerprint density at radius 1 is 0.912 bits per heavy atom. The minimum atomic E-state index is -1.09. The predicted octanol–water partition coefficient (Wildman–Crippen LogP) is 4.45. The number of nitrogens with one attached hydrogen (secondary N) is 2. The van der Waals surface area contributed by atoms with Crippen LogP contribution in [0.4, 0.5) is 14.5 Å². The van der Waals surface area contributed by atoms with Gasteiger partial charge in [-0.15, -0.1) is 0 Å². The molecule has 1 unspecified atom stereocenters. The molecular weight excluding hydrogens is 446 g/mol. The van der Waals surface area contributed by atoms with Gasteiger partial charge >= 0.3 is 5.97 Å². The van der Waals surface area contributed by atoms with E-state index in [0.717, 1.165) is 12.1 Å². The molecule has 0 bridgehead atoms. The fourth-order valence-corrected chi connectivity index (χ4v) is 2.83. The van der Waals surface area contributed by atoms with Crippen LogP contribution < -0.4 is 15.4 Å². The number of halogens is 2. The Balaban J connectivity index is 1.41. The summed E-state index contributed by atoms with van der Waals surface area (Å²) in [5, 5.41) is 4.97. The van der Waals surface area contributed by atoms with Crippen molar-refractivity contribution in [2.24, 2.45) is 0 Å². The third kappa shape index (κ3) is 7.13. The van der Waals surface area contributed by atoms with Gasteiger partial charge in [0, 0.05) is 18.3 Å². The third-order valence-corrected chi connectivity index (χ3v) is 4.57. The number of benzene rings is 3. The molecule has 0 radical (unpaired) electrons. The zero-order chi connectivity index (χ0) is 24.5. The lowest BCUT2D eigenvalue weighted by Gasteiger charge is -2.14. The van der Waals surface area contributed by atoms with Crippen molar-refractivity contribution in [3.05, 3.63) is 90.0 Å². The van der Waals surface area contributed by atoms with Crippen LogP contribution in [0.2, 0.25) is 0 Å². The van der Waals surface area contributed by atoms with Crippen molar-refractivity contribution in [2.75, 3.05) is 11.9 Å². The van der Waals surface area contributed by atoms with Crippen molar-refractivity contribution in [3.8, 4) is 11.5 Å². The third-order valence-electron chi connectivity index (χ3n) is 4.57. The van der Waals surface area contributed by atoms with Crippen LogP contribution in [0, 0.1) is 11.6 Å². The molecule has 2 N–H and O–H groups in total. The second-order valence-corrected chi connectivity index (χ2v) is 7.19. The molecule has 0 aliphatic carbocycles. The summed E-state index contributed by atoms with van der Waals surface area (Å²) in [6.07, 6.45) is -1.32. The van der Waals surface area contributed by atoms with E-state index in [9.17, 15) is 23.2 Å². The van der Waals surface area contributed by atoms with Crippen molar-refractivity contribution in [2.45, 2.75) is 19.4 Å². The summed E-state index contributed by atoms with van der Waals surface area (Å²) < 4.78 is 37.3. The largest absolute Gasteiger partial charge is 0.457 e.